The average Bonchev–Trinajstić information content (AvgIpc) is 2.29. The van der Waals surface area contributed by atoms with Gasteiger partial charge in [-0.2, -0.15) is 0 Å². The largest absolute Gasteiger partial charge is 0.355 e. The molecule has 0 bridgehead atoms. The first-order valence-electron chi connectivity index (χ1n) is 5.04. The van der Waals surface area contributed by atoms with E-state index < -0.39 is 14.8 Å². The Labute approximate surface area is 98.1 Å². The van der Waals surface area contributed by atoms with Crippen LogP contribution in [0.15, 0.2) is 18.3 Å². The Hall–Kier alpha value is -1.70. The molecular weight excluding hydrogens is 246 g/mol. The Morgan fingerprint density at radius 3 is 2.41 bits per heavy atom. The molecule has 1 fully saturated rings. The van der Waals surface area contributed by atoms with Gasteiger partial charge in [-0.25, -0.2) is 13.4 Å². The van der Waals surface area contributed by atoms with Crippen molar-refractivity contribution >= 4 is 21.3 Å². The van der Waals surface area contributed by atoms with E-state index in [9.17, 15) is 18.5 Å². The van der Waals surface area contributed by atoms with Gasteiger partial charge in [0.25, 0.3) is 5.69 Å². The topological polar surface area (TPSA) is 93.4 Å². The predicted octanol–water partition coefficient (Wildman–Crippen LogP) is 0.225. The zero-order valence-corrected chi connectivity index (χ0v) is 9.76. The van der Waals surface area contributed by atoms with Crippen LogP contribution in [-0.2, 0) is 9.84 Å². The minimum Gasteiger partial charge on any atom is -0.355 e. The van der Waals surface area contributed by atoms with E-state index in [1.807, 2.05) is 4.90 Å². The summed E-state index contributed by atoms with van der Waals surface area (Å²) in [5, 5.41) is 10.4. The van der Waals surface area contributed by atoms with Gasteiger partial charge >= 0.3 is 0 Å². The lowest BCUT2D eigenvalue weighted by molar-refractivity contribution is -0.385. The fourth-order valence-electron chi connectivity index (χ4n) is 1.61. The van der Waals surface area contributed by atoms with Crippen molar-refractivity contribution in [3.8, 4) is 0 Å². The molecule has 0 amide bonds. The molecule has 1 aromatic rings. The Morgan fingerprint density at radius 2 is 1.94 bits per heavy atom. The summed E-state index contributed by atoms with van der Waals surface area (Å²) in [4.78, 5) is 15.7. The number of hydrogen-bond donors (Lipinski definition) is 0. The van der Waals surface area contributed by atoms with Gasteiger partial charge < -0.3 is 4.90 Å². The van der Waals surface area contributed by atoms with Crippen LogP contribution in [-0.4, -0.2) is 42.9 Å². The molecule has 0 unspecified atom stereocenters. The minimum atomic E-state index is -2.92. The van der Waals surface area contributed by atoms with Crippen molar-refractivity contribution in [2.75, 3.05) is 29.5 Å². The zero-order valence-electron chi connectivity index (χ0n) is 8.94. The smallest absolute Gasteiger partial charge is 0.287 e. The molecule has 1 saturated heterocycles. The lowest BCUT2D eigenvalue weighted by atomic mass is 10.4. The molecule has 1 aromatic heterocycles. The standard InChI is InChI=1S/C9H11N3O4S/c13-12(14)8-1-2-9(10-7-8)11-3-5-17(15,16)6-4-11/h1-2,7H,3-6H2. The summed E-state index contributed by atoms with van der Waals surface area (Å²) < 4.78 is 22.5. The molecule has 0 aromatic carbocycles. The van der Waals surface area contributed by atoms with Crippen LogP contribution in [0.2, 0.25) is 0 Å². The van der Waals surface area contributed by atoms with Crippen molar-refractivity contribution in [1.29, 1.82) is 0 Å². The van der Waals surface area contributed by atoms with E-state index >= 15 is 0 Å². The van der Waals surface area contributed by atoms with Crippen LogP contribution in [0.3, 0.4) is 0 Å². The number of hydrogen-bond acceptors (Lipinski definition) is 6. The van der Waals surface area contributed by atoms with Crippen LogP contribution in [0.25, 0.3) is 0 Å². The van der Waals surface area contributed by atoms with E-state index in [-0.39, 0.29) is 17.2 Å². The third-order valence-corrected chi connectivity index (χ3v) is 4.22. The van der Waals surface area contributed by atoms with Gasteiger partial charge in [0, 0.05) is 19.2 Å². The monoisotopic (exact) mass is 257 g/mol. The fraction of sp³-hybridized carbons (Fsp3) is 0.444. The highest BCUT2D eigenvalue weighted by Gasteiger charge is 2.22. The van der Waals surface area contributed by atoms with Gasteiger partial charge in [0.15, 0.2) is 9.84 Å². The molecule has 0 radical (unpaired) electrons. The van der Waals surface area contributed by atoms with Gasteiger partial charge in [0.05, 0.1) is 16.4 Å². The summed E-state index contributed by atoms with van der Waals surface area (Å²) >= 11 is 0. The zero-order chi connectivity index (χ0) is 12.5. The molecule has 2 heterocycles. The molecule has 2 rings (SSSR count). The highest BCUT2D eigenvalue weighted by Crippen LogP contribution is 2.17. The molecule has 92 valence electrons. The third kappa shape index (κ3) is 2.70. The minimum absolute atomic E-state index is 0.0709. The summed E-state index contributed by atoms with van der Waals surface area (Å²) in [6.07, 6.45) is 1.18. The Kier molecular flexibility index (Phi) is 2.97. The average molecular weight is 257 g/mol. The second-order valence-electron chi connectivity index (χ2n) is 3.77. The van der Waals surface area contributed by atoms with E-state index in [1.54, 1.807) is 0 Å². The Morgan fingerprint density at radius 1 is 1.29 bits per heavy atom. The van der Waals surface area contributed by atoms with Gasteiger partial charge in [-0.15, -0.1) is 0 Å². The molecule has 1 aliphatic rings. The Bertz CT molecular complexity index is 512. The second-order valence-corrected chi connectivity index (χ2v) is 6.07. The van der Waals surface area contributed by atoms with Crippen molar-refractivity contribution in [2.24, 2.45) is 0 Å². The normalized spacial score (nSPS) is 18.9. The van der Waals surface area contributed by atoms with E-state index in [2.05, 4.69) is 4.98 Å². The van der Waals surface area contributed by atoms with Crippen molar-refractivity contribution in [1.82, 2.24) is 4.98 Å². The molecule has 0 aliphatic carbocycles. The number of rotatable bonds is 2. The fourth-order valence-corrected chi connectivity index (χ4v) is 2.82. The van der Waals surface area contributed by atoms with Gasteiger partial charge in [-0.3, -0.25) is 10.1 Å². The van der Waals surface area contributed by atoms with Crippen LogP contribution >= 0.6 is 0 Å². The number of pyridine rings is 1. The van der Waals surface area contributed by atoms with Gasteiger partial charge in [-0.05, 0) is 6.07 Å². The number of aromatic nitrogens is 1. The summed E-state index contributed by atoms with van der Waals surface area (Å²) in [5.41, 5.74) is -0.0709. The predicted molar refractivity (Wildman–Crippen MR) is 61.8 cm³/mol. The molecular formula is C9H11N3O4S. The van der Waals surface area contributed by atoms with Crippen LogP contribution in [0, 0.1) is 10.1 Å². The molecule has 0 N–H and O–H groups in total. The highest BCUT2D eigenvalue weighted by atomic mass is 32.2. The molecule has 0 atom stereocenters. The lowest BCUT2D eigenvalue weighted by Gasteiger charge is -2.27. The van der Waals surface area contributed by atoms with Crippen LogP contribution in [0.1, 0.15) is 0 Å². The van der Waals surface area contributed by atoms with Crippen LogP contribution in [0.4, 0.5) is 11.5 Å². The van der Waals surface area contributed by atoms with E-state index in [0.29, 0.717) is 18.9 Å². The number of nitro groups is 1. The molecule has 0 spiro atoms. The van der Waals surface area contributed by atoms with Gasteiger partial charge in [0.1, 0.15) is 12.0 Å². The van der Waals surface area contributed by atoms with Crippen LogP contribution < -0.4 is 4.90 Å². The Balaban J connectivity index is 2.11. The lowest BCUT2D eigenvalue weighted by Crippen LogP contribution is -2.40. The van der Waals surface area contributed by atoms with Crippen molar-refractivity contribution < 1.29 is 13.3 Å². The second kappa shape index (κ2) is 4.28. The maximum atomic E-state index is 11.2. The maximum absolute atomic E-state index is 11.2. The molecule has 1 aliphatic heterocycles. The SMILES string of the molecule is O=[N+]([O-])c1ccc(N2CCS(=O)(=O)CC2)nc1. The van der Waals surface area contributed by atoms with Crippen molar-refractivity contribution in [3.63, 3.8) is 0 Å². The summed E-state index contributed by atoms with van der Waals surface area (Å²) in [5.74, 6) is 0.780. The van der Waals surface area contributed by atoms with E-state index in [4.69, 9.17) is 0 Å². The van der Waals surface area contributed by atoms with E-state index in [0.717, 1.165) is 0 Å². The van der Waals surface area contributed by atoms with Gasteiger partial charge in [-0.1, -0.05) is 0 Å². The van der Waals surface area contributed by atoms with Crippen molar-refractivity contribution in [3.05, 3.63) is 28.4 Å². The molecule has 7 nitrogen and oxygen atoms in total. The summed E-state index contributed by atoms with van der Waals surface area (Å²) in [6, 6.07) is 2.90. The summed E-state index contributed by atoms with van der Waals surface area (Å²) in [7, 11) is -2.92. The van der Waals surface area contributed by atoms with E-state index in [1.165, 1.54) is 18.3 Å². The maximum Gasteiger partial charge on any atom is 0.287 e. The third-order valence-electron chi connectivity index (χ3n) is 2.61. The van der Waals surface area contributed by atoms with Crippen molar-refractivity contribution in [2.45, 2.75) is 0 Å². The molecule has 8 heteroatoms. The first-order valence-corrected chi connectivity index (χ1v) is 6.86. The highest BCUT2D eigenvalue weighted by molar-refractivity contribution is 7.91. The van der Waals surface area contributed by atoms with Gasteiger partial charge in [0.2, 0.25) is 0 Å². The first kappa shape index (κ1) is 11.8. The quantitative estimate of drug-likeness (QED) is 0.556. The molecule has 0 saturated carbocycles. The van der Waals surface area contributed by atoms with Crippen LogP contribution in [0.5, 0.6) is 0 Å². The first-order chi connectivity index (χ1) is 7.98. The summed E-state index contributed by atoms with van der Waals surface area (Å²) in [6.45, 7) is 0.764. The number of anilines is 1. The number of sulfone groups is 1. The molecule has 17 heavy (non-hydrogen) atoms. The number of nitrogens with zero attached hydrogens (tertiary/aromatic N) is 3.